The summed E-state index contributed by atoms with van der Waals surface area (Å²) >= 11 is 0. The van der Waals surface area contributed by atoms with Gasteiger partial charge < -0.3 is 10.6 Å². The molecule has 1 aromatic heterocycles. The van der Waals surface area contributed by atoms with Crippen LogP contribution in [0, 0.1) is 5.92 Å². The van der Waals surface area contributed by atoms with E-state index in [4.69, 9.17) is 0 Å². The molecule has 5 nitrogen and oxygen atoms in total. The van der Waals surface area contributed by atoms with Gasteiger partial charge in [0.2, 0.25) is 0 Å². The molecule has 126 valence electrons. The summed E-state index contributed by atoms with van der Waals surface area (Å²) in [5.41, 5.74) is 3.81. The van der Waals surface area contributed by atoms with Crippen LogP contribution in [0.2, 0.25) is 0 Å². The van der Waals surface area contributed by atoms with Crippen molar-refractivity contribution in [3.63, 3.8) is 0 Å². The van der Waals surface area contributed by atoms with Crippen LogP contribution in [-0.2, 0) is 13.5 Å². The van der Waals surface area contributed by atoms with E-state index >= 15 is 0 Å². The van der Waals surface area contributed by atoms with Gasteiger partial charge in [-0.05, 0) is 43.1 Å². The molecule has 1 saturated carbocycles. The Morgan fingerprint density at radius 2 is 2.17 bits per heavy atom. The fraction of sp³-hybridized carbons (Fsp3) is 0.474. The third-order valence-corrected chi connectivity index (χ3v) is 5.36. The number of carbonyl (C=O) groups excluding carboxylic acids is 1. The highest BCUT2D eigenvalue weighted by atomic mass is 16.2. The molecule has 0 spiro atoms. The molecule has 2 aromatic rings. The van der Waals surface area contributed by atoms with Crippen molar-refractivity contribution in [1.82, 2.24) is 20.4 Å². The van der Waals surface area contributed by atoms with Crippen LogP contribution in [0.5, 0.6) is 0 Å². The fourth-order valence-electron chi connectivity index (χ4n) is 3.87. The molecule has 0 bridgehead atoms. The normalized spacial score (nSPS) is 25.0. The number of hydrogen-bond donors (Lipinski definition) is 2. The molecule has 2 aliphatic carbocycles. The maximum atomic E-state index is 12.3. The lowest BCUT2D eigenvalue weighted by molar-refractivity contribution is 0.235. The first-order chi connectivity index (χ1) is 11.7. The van der Waals surface area contributed by atoms with Gasteiger partial charge in [-0.3, -0.25) is 4.68 Å². The van der Waals surface area contributed by atoms with Crippen LogP contribution in [-0.4, -0.2) is 22.4 Å². The van der Waals surface area contributed by atoms with E-state index in [0.717, 1.165) is 25.8 Å². The molecule has 2 N–H and O–H groups in total. The largest absolute Gasteiger partial charge is 0.338 e. The van der Waals surface area contributed by atoms with Crippen molar-refractivity contribution in [2.45, 2.75) is 37.6 Å². The summed E-state index contributed by atoms with van der Waals surface area (Å²) in [7, 11) is 1.97. The van der Waals surface area contributed by atoms with Gasteiger partial charge in [-0.15, -0.1) is 0 Å². The first-order valence-electron chi connectivity index (χ1n) is 8.82. The molecule has 0 saturated heterocycles. The fourth-order valence-corrected chi connectivity index (χ4v) is 3.87. The zero-order valence-electron chi connectivity index (χ0n) is 14.0. The highest BCUT2D eigenvalue weighted by Gasteiger charge is 2.38. The van der Waals surface area contributed by atoms with Gasteiger partial charge in [0.05, 0.1) is 12.2 Å². The number of aryl methyl sites for hydroxylation is 1. The number of carbonyl (C=O) groups is 1. The second-order valence-corrected chi connectivity index (χ2v) is 6.98. The molecule has 2 aliphatic rings. The van der Waals surface area contributed by atoms with E-state index in [1.54, 1.807) is 0 Å². The third kappa shape index (κ3) is 3.03. The van der Waals surface area contributed by atoms with E-state index in [1.807, 2.05) is 24.0 Å². The average Bonchev–Trinajstić information content (AvgIpc) is 3.30. The molecule has 2 amide bonds. The SMILES string of the molecule is Cn1ncc2c1CCC[C@@H]2NC(=O)NC[C@H]1C[C@@H]1c1ccccc1. The smallest absolute Gasteiger partial charge is 0.315 e. The highest BCUT2D eigenvalue weighted by molar-refractivity contribution is 5.74. The zero-order chi connectivity index (χ0) is 16.5. The standard InChI is InChI=1S/C19H24N4O/c1-23-18-9-5-8-17(16(18)12-21-23)22-19(24)20-11-14-10-15(14)13-6-3-2-4-7-13/h2-4,6-7,12,14-15,17H,5,8-11H2,1H3,(H2,20,22,24)/t14-,15-,17+/m1/s1. The van der Waals surface area contributed by atoms with E-state index < -0.39 is 0 Å². The summed E-state index contributed by atoms with van der Waals surface area (Å²) in [5.74, 6) is 1.17. The lowest BCUT2D eigenvalue weighted by atomic mass is 9.93. The molecule has 1 fully saturated rings. The van der Waals surface area contributed by atoms with E-state index in [9.17, 15) is 4.79 Å². The summed E-state index contributed by atoms with van der Waals surface area (Å²) in [6.07, 6.45) is 6.19. The van der Waals surface area contributed by atoms with Crippen molar-refractivity contribution in [3.05, 3.63) is 53.3 Å². The van der Waals surface area contributed by atoms with Crippen LogP contribution in [0.4, 0.5) is 4.79 Å². The van der Waals surface area contributed by atoms with Gasteiger partial charge in [0.25, 0.3) is 0 Å². The monoisotopic (exact) mass is 324 g/mol. The second kappa shape index (κ2) is 6.30. The lowest BCUT2D eigenvalue weighted by Gasteiger charge is -2.24. The number of fused-ring (bicyclic) bond motifs is 1. The maximum absolute atomic E-state index is 12.3. The molecule has 4 rings (SSSR count). The molecule has 0 unspecified atom stereocenters. The maximum Gasteiger partial charge on any atom is 0.315 e. The Labute approximate surface area is 142 Å². The van der Waals surface area contributed by atoms with Gasteiger partial charge in [0.1, 0.15) is 0 Å². The Morgan fingerprint density at radius 1 is 1.33 bits per heavy atom. The number of urea groups is 1. The summed E-state index contributed by atoms with van der Waals surface area (Å²) in [6.45, 7) is 0.748. The van der Waals surface area contributed by atoms with Gasteiger partial charge in [-0.25, -0.2) is 4.79 Å². The second-order valence-electron chi connectivity index (χ2n) is 6.98. The molecule has 0 aliphatic heterocycles. The van der Waals surface area contributed by atoms with Crippen molar-refractivity contribution in [1.29, 1.82) is 0 Å². The van der Waals surface area contributed by atoms with Crippen molar-refractivity contribution < 1.29 is 4.79 Å². The Hall–Kier alpha value is -2.30. The van der Waals surface area contributed by atoms with E-state index in [-0.39, 0.29) is 12.1 Å². The number of aromatic nitrogens is 2. The Bertz CT molecular complexity index is 724. The van der Waals surface area contributed by atoms with E-state index in [2.05, 4.69) is 40.0 Å². The summed E-state index contributed by atoms with van der Waals surface area (Å²) in [6, 6.07) is 10.6. The lowest BCUT2D eigenvalue weighted by Crippen LogP contribution is -2.40. The van der Waals surface area contributed by atoms with Crippen LogP contribution in [0.25, 0.3) is 0 Å². The van der Waals surface area contributed by atoms with Gasteiger partial charge >= 0.3 is 6.03 Å². The van der Waals surface area contributed by atoms with E-state index in [1.165, 1.54) is 23.2 Å². The third-order valence-electron chi connectivity index (χ3n) is 5.36. The topological polar surface area (TPSA) is 59.0 Å². The van der Waals surface area contributed by atoms with E-state index in [0.29, 0.717) is 11.8 Å². The van der Waals surface area contributed by atoms with Crippen molar-refractivity contribution in [2.24, 2.45) is 13.0 Å². The number of hydrogen-bond acceptors (Lipinski definition) is 2. The Balaban J connectivity index is 1.28. The minimum Gasteiger partial charge on any atom is -0.338 e. The Morgan fingerprint density at radius 3 is 3.00 bits per heavy atom. The number of nitrogens with zero attached hydrogens (tertiary/aromatic N) is 2. The van der Waals surface area contributed by atoms with Crippen molar-refractivity contribution in [2.75, 3.05) is 6.54 Å². The van der Waals surface area contributed by atoms with Gasteiger partial charge in [0.15, 0.2) is 0 Å². The van der Waals surface area contributed by atoms with Crippen molar-refractivity contribution in [3.8, 4) is 0 Å². The first-order valence-corrected chi connectivity index (χ1v) is 8.82. The van der Waals surface area contributed by atoms with Crippen LogP contribution in [0.3, 0.4) is 0 Å². The van der Waals surface area contributed by atoms with Crippen LogP contribution >= 0.6 is 0 Å². The Kier molecular flexibility index (Phi) is 4.00. The minimum absolute atomic E-state index is 0.0598. The molecule has 1 aromatic carbocycles. The molecule has 1 heterocycles. The van der Waals surface area contributed by atoms with Crippen LogP contribution in [0.15, 0.2) is 36.5 Å². The number of rotatable bonds is 4. The van der Waals surface area contributed by atoms with Gasteiger partial charge in [-0.2, -0.15) is 5.10 Å². The molecule has 5 heteroatoms. The zero-order valence-corrected chi connectivity index (χ0v) is 14.0. The highest BCUT2D eigenvalue weighted by Crippen LogP contribution is 2.46. The molecular formula is C19H24N4O. The van der Waals surface area contributed by atoms with Crippen molar-refractivity contribution >= 4 is 6.03 Å². The van der Waals surface area contributed by atoms with Gasteiger partial charge in [-0.1, -0.05) is 30.3 Å². The number of benzene rings is 1. The minimum atomic E-state index is -0.0598. The molecule has 24 heavy (non-hydrogen) atoms. The first kappa shape index (κ1) is 15.2. The molecule has 3 atom stereocenters. The van der Waals surface area contributed by atoms with Gasteiger partial charge in [0, 0.05) is 24.8 Å². The predicted molar refractivity (Wildman–Crippen MR) is 92.7 cm³/mol. The molecular weight excluding hydrogens is 300 g/mol. The average molecular weight is 324 g/mol. The quantitative estimate of drug-likeness (QED) is 0.908. The van der Waals surface area contributed by atoms with Crippen LogP contribution in [0.1, 0.15) is 48.0 Å². The van der Waals surface area contributed by atoms with Crippen LogP contribution < -0.4 is 10.6 Å². The summed E-state index contributed by atoms with van der Waals surface area (Å²) in [4.78, 5) is 12.3. The molecule has 0 radical (unpaired) electrons. The summed E-state index contributed by atoms with van der Waals surface area (Å²) < 4.78 is 1.93. The number of amides is 2. The summed E-state index contributed by atoms with van der Waals surface area (Å²) in [5, 5.41) is 10.5. The number of nitrogens with one attached hydrogen (secondary N) is 2. The predicted octanol–water partition coefficient (Wildman–Crippen LogP) is 2.90.